The lowest BCUT2D eigenvalue weighted by Crippen LogP contribution is -2.56. The van der Waals surface area contributed by atoms with Crippen LogP contribution in [-0.4, -0.2) is 66.8 Å². The zero-order valence-corrected chi connectivity index (χ0v) is 20.1. The lowest BCUT2D eigenvalue weighted by atomic mass is 9.68. The van der Waals surface area contributed by atoms with E-state index in [-0.39, 0.29) is 48.2 Å². The van der Waals surface area contributed by atoms with Gasteiger partial charge in [-0.05, 0) is 57.1 Å². The van der Waals surface area contributed by atoms with Gasteiger partial charge in [0.15, 0.2) is 5.78 Å². The van der Waals surface area contributed by atoms with Crippen molar-refractivity contribution in [3.63, 3.8) is 0 Å². The van der Waals surface area contributed by atoms with E-state index in [4.69, 9.17) is 0 Å². The number of ketones is 1. The van der Waals surface area contributed by atoms with Crippen molar-refractivity contribution in [3.05, 3.63) is 35.9 Å². The van der Waals surface area contributed by atoms with Crippen molar-refractivity contribution in [1.82, 2.24) is 20.4 Å². The second kappa shape index (κ2) is 9.84. The summed E-state index contributed by atoms with van der Waals surface area (Å²) in [7, 11) is 3.61. The molecule has 0 aromatic heterocycles. The summed E-state index contributed by atoms with van der Waals surface area (Å²) in [5, 5.41) is 6.15. The Bertz CT molecular complexity index is 860. The van der Waals surface area contributed by atoms with E-state index in [2.05, 4.69) is 39.8 Å². The van der Waals surface area contributed by atoms with Crippen molar-refractivity contribution < 1.29 is 14.4 Å². The first-order chi connectivity index (χ1) is 15.9. The van der Waals surface area contributed by atoms with E-state index in [1.54, 1.807) is 11.9 Å². The molecule has 1 aromatic rings. The van der Waals surface area contributed by atoms with E-state index in [0.29, 0.717) is 12.5 Å². The van der Waals surface area contributed by atoms with Crippen LogP contribution in [0, 0.1) is 5.92 Å². The Labute approximate surface area is 197 Å². The molecule has 7 nitrogen and oxygen atoms in total. The highest BCUT2D eigenvalue weighted by Gasteiger charge is 2.54. The van der Waals surface area contributed by atoms with Crippen LogP contribution in [0.5, 0.6) is 0 Å². The summed E-state index contributed by atoms with van der Waals surface area (Å²) in [6, 6.07) is 10.6. The fraction of sp³-hybridized carbons (Fsp3) is 0.654. The van der Waals surface area contributed by atoms with Crippen LogP contribution in [0.2, 0.25) is 0 Å². The molecule has 7 heteroatoms. The molecular weight excluding hydrogens is 416 g/mol. The number of hydrogen-bond donors (Lipinski definition) is 2. The molecule has 1 aromatic carbocycles. The SMILES string of the molecule is CNC(=O)CCC(=O)CN1CC2(CCC(NC)(c3ccccc3)CC2)N(CC2CCC2)C1=O. The molecule has 180 valence electrons. The number of nitrogens with one attached hydrogen (secondary N) is 2. The topological polar surface area (TPSA) is 81.8 Å². The normalized spacial score (nSPS) is 27.6. The highest BCUT2D eigenvalue weighted by atomic mass is 16.2. The summed E-state index contributed by atoms with van der Waals surface area (Å²) in [4.78, 5) is 41.4. The van der Waals surface area contributed by atoms with Crippen LogP contribution in [0.15, 0.2) is 30.3 Å². The van der Waals surface area contributed by atoms with Gasteiger partial charge in [0.1, 0.15) is 0 Å². The number of hydrogen-bond acceptors (Lipinski definition) is 4. The van der Waals surface area contributed by atoms with Crippen LogP contribution in [0.1, 0.15) is 63.4 Å². The van der Waals surface area contributed by atoms with Crippen LogP contribution in [0.25, 0.3) is 0 Å². The van der Waals surface area contributed by atoms with E-state index < -0.39 is 0 Å². The molecule has 1 heterocycles. The number of benzene rings is 1. The van der Waals surface area contributed by atoms with Gasteiger partial charge in [-0.15, -0.1) is 0 Å². The van der Waals surface area contributed by atoms with Crippen LogP contribution in [-0.2, 0) is 15.1 Å². The molecule has 0 radical (unpaired) electrons. The Morgan fingerprint density at radius 2 is 1.73 bits per heavy atom. The molecule has 3 fully saturated rings. The van der Waals surface area contributed by atoms with Gasteiger partial charge in [-0.2, -0.15) is 0 Å². The molecule has 3 aliphatic rings. The third-order valence-corrected chi connectivity index (χ3v) is 8.34. The summed E-state index contributed by atoms with van der Waals surface area (Å²) in [5.41, 5.74) is 1.02. The molecule has 0 atom stereocenters. The first kappa shape index (κ1) is 23.7. The van der Waals surface area contributed by atoms with Crippen LogP contribution in [0.3, 0.4) is 0 Å². The summed E-state index contributed by atoms with van der Waals surface area (Å²) in [6.45, 7) is 1.52. The molecule has 33 heavy (non-hydrogen) atoms. The maximum atomic E-state index is 13.5. The van der Waals surface area contributed by atoms with Gasteiger partial charge in [0, 0.05) is 38.5 Å². The maximum absolute atomic E-state index is 13.5. The number of rotatable bonds is 9. The van der Waals surface area contributed by atoms with Gasteiger partial charge in [0.2, 0.25) is 5.91 Å². The minimum Gasteiger partial charge on any atom is -0.359 e. The number of carbonyl (C=O) groups is 3. The first-order valence-electron chi connectivity index (χ1n) is 12.4. The summed E-state index contributed by atoms with van der Waals surface area (Å²) < 4.78 is 0. The molecule has 2 N–H and O–H groups in total. The molecule has 4 rings (SSSR count). The highest BCUT2D eigenvalue weighted by molar-refractivity contribution is 5.89. The van der Waals surface area contributed by atoms with E-state index in [1.807, 2.05) is 13.1 Å². The van der Waals surface area contributed by atoms with Gasteiger partial charge in [0.25, 0.3) is 0 Å². The minimum atomic E-state index is -0.205. The van der Waals surface area contributed by atoms with Crippen molar-refractivity contribution in [2.45, 2.75) is 68.9 Å². The molecule has 2 aliphatic carbocycles. The predicted octanol–water partition coefficient (Wildman–Crippen LogP) is 3.05. The van der Waals surface area contributed by atoms with E-state index >= 15 is 0 Å². The standard InChI is InChI=1S/C26H38N4O3/c1-27-23(32)12-11-22(31)18-29-19-25(30(24(29)33)17-20-7-6-8-20)13-15-26(28-2,16-14-25)21-9-4-3-5-10-21/h3-5,9-10,20,28H,6-8,11-19H2,1-2H3,(H,27,32). The van der Waals surface area contributed by atoms with Gasteiger partial charge in [-0.25, -0.2) is 4.79 Å². The molecule has 0 bridgehead atoms. The Kier molecular flexibility index (Phi) is 7.07. The zero-order valence-electron chi connectivity index (χ0n) is 20.1. The Morgan fingerprint density at radius 1 is 1.03 bits per heavy atom. The van der Waals surface area contributed by atoms with Crippen molar-refractivity contribution in [3.8, 4) is 0 Å². The quantitative estimate of drug-likeness (QED) is 0.601. The van der Waals surface area contributed by atoms with Crippen LogP contribution >= 0.6 is 0 Å². The Balaban J connectivity index is 1.48. The lowest BCUT2D eigenvalue weighted by molar-refractivity contribution is -0.125. The van der Waals surface area contributed by atoms with E-state index in [0.717, 1.165) is 32.2 Å². The highest BCUT2D eigenvalue weighted by Crippen LogP contribution is 2.47. The van der Waals surface area contributed by atoms with Gasteiger partial charge >= 0.3 is 6.03 Å². The van der Waals surface area contributed by atoms with Crippen molar-refractivity contribution in [2.24, 2.45) is 5.92 Å². The van der Waals surface area contributed by atoms with Crippen molar-refractivity contribution >= 4 is 17.7 Å². The molecule has 3 amide bonds. The van der Waals surface area contributed by atoms with E-state index in [9.17, 15) is 14.4 Å². The monoisotopic (exact) mass is 454 g/mol. The summed E-state index contributed by atoms with van der Waals surface area (Å²) in [6.07, 6.45) is 7.74. The smallest absolute Gasteiger partial charge is 0.321 e. The van der Waals surface area contributed by atoms with Gasteiger partial charge in [0.05, 0.1) is 12.1 Å². The molecule has 0 unspecified atom stereocenters. The third kappa shape index (κ3) is 4.79. The number of carbonyl (C=O) groups excluding carboxylic acids is 3. The minimum absolute atomic E-state index is 0.00635. The second-order valence-electron chi connectivity index (χ2n) is 10.2. The predicted molar refractivity (Wildman–Crippen MR) is 128 cm³/mol. The van der Waals surface area contributed by atoms with Crippen molar-refractivity contribution in [1.29, 1.82) is 0 Å². The summed E-state index contributed by atoms with van der Waals surface area (Å²) in [5.74, 6) is 0.396. The largest absolute Gasteiger partial charge is 0.359 e. The van der Waals surface area contributed by atoms with Crippen LogP contribution in [0.4, 0.5) is 4.79 Å². The lowest BCUT2D eigenvalue weighted by Gasteiger charge is -2.49. The molecule has 1 aliphatic heterocycles. The van der Waals surface area contributed by atoms with Gasteiger partial charge in [-0.3, -0.25) is 9.59 Å². The van der Waals surface area contributed by atoms with Crippen molar-refractivity contribution in [2.75, 3.05) is 33.7 Å². The Hall–Kier alpha value is -2.41. The van der Waals surface area contributed by atoms with Gasteiger partial charge < -0.3 is 20.4 Å². The second-order valence-corrected chi connectivity index (χ2v) is 10.2. The molecule has 2 saturated carbocycles. The molecular formula is C26H38N4O3. The fourth-order valence-corrected chi connectivity index (χ4v) is 5.89. The summed E-state index contributed by atoms with van der Waals surface area (Å²) >= 11 is 0. The first-order valence-corrected chi connectivity index (χ1v) is 12.4. The van der Waals surface area contributed by atoms with E-state index in [1.165, 1.54) is 24.8 Å². The average molecular weight is 455 g/mol. The fourth-order valence-electron chi connectivity index (χ4n) is 5.89. The third-order valence-electron chi connectivity index (χ3n) is 8.34. The number of urea groups is 1. The number of Topliss-reactive ketones (excluding diaryl/α,β-unsaturated/α-hetero) is 1. The Morgan fingerprint density at radius 3 is 2.30 bits per heavy atom. The molecule has 1 spiro atoms. The average Bonchev–Trinajstić information content (AvgIpc) is 3.06. The van der Waals surface area contributed by atoms with Gasteiger partial charge in [-0.1, -0.05) is 36.8 Å². The zero-order chi connectivity index (χ0) is 23.5. The van der Waals surface area contributed by atoms with Crippen LogP contribution < -0.4 is 10.6 Å². The number of amides is 3. The molecule has 1 saturated heterocycles. The number of nitrogens with zero attached hydrogens (tertiary/aromatic N) is 2. The maximum Gasteiger partial charge on any atom is 0.321 e.